The van der Waals surface area contributed by atoms with Crippen molar-refractivity contribution in [2.24, 2.45) is 5.73 Å². The van der Waals surface area contributed by atoms with Gasteiger partial charge in [-0.25, -0.2) is 4.39 Å². The highest BCUT2D eigenvalue weighted by atomic mass is 19.1. The quantitative estimate of drug-likeness (QED) is 0.827. The van der Waals surface area contributed by atoms with Crippen LogP contribution in [0.15, 0.2) is 12.1 Å². The summed E-state index contributed by atoms with van der Waals surface area (Å²) in [6, 6.07) is 3.51. The van der Waals surface area contributed by atoms with Gasteiger partial charge in [0.25, 0.3) is 0 Å². The van der Waals surface area contributed by atoms with Crippen LogP contribution >= 0.6 is 0 Å². The van der Waals surface area contributed by atoms with Gasteiger partial charge in [0.15, 0.2) is 0 Å². The number of halogens is 1. The van der Waals surface area contributed by atoms with Crippen LogP contribution in [-0.4, -0.2) is 13.7 Å². The summed E-state index contributed by atoms with van der Waals surface area (Å²) in [5.74, 6) is 0.411. The standard InChI is InChI=1S/C12H16FNO/c1-8-10(13)5-9(6-11(8)15-2)12(7-14)3-4-12/h5-6H,3-4,7,14H2,1-2H3. The molecule has 1 aromatic rings. The first-order valence-corrected chi connectivity index (χ1v) is 5.17. The minimum atomic E-state index is -0.205. The van der Waals surface area contributed by atoms with Crippen LogP contribution in [0.1, 0.15) is 24.0 Å². The summed E-state index contributed by atoms with van der Waals surface area (Å²) in [5.41, 5.74) is 7.27. The third kappa shape index (κ3) is 1.61. The van der Waals surface area contributed by atoms with Gasteiger partial charge in [0, 0.05) is 17.5 Å². The van der Waals surface area contributed by atoms with Crippen LogP contribution in [0.25, 0.3) is 0 Å². The third-order valence-electron chi connectivity index (χ3n) is 3.37. The normalized spacial score (nSPS) is 17.6. The second-order valence-corrected chi connectivity index (χ2v) is 4.27. The number of rotatable bonds is 3. The van der Waals surface area contributed by atoms with Gasteiger partial charge in [-0.3, -0.25) is 0 Å². The Labute approximate surface area is 89.2 Å². The van der Waals surface area contributed by atoms with E-state index < -0.39 is 0 Å². The Kier molecular flexibility index (Phi) is 2.43. The average Bonchev–Trinajstić information content (AvgIpc) is 3.02. The average molecular weight is 209 g/mol. The first-order valence-electron chi connectivity index (χ1n) is 5.17. The number of hydrogen-bond donors (Lipinski definition) is 1. The van der Waals surface area contributed by atoms with Gasteiger partial charge in [-0.1, -0.05) is 0 Å². The van der Waals surface area contributed by atoms with Gasteiger partial charge in [0.05, 0.1) is 7.11 Å². The van der Waals surface area contributed by atoms with Gasteiger partial charge < -0.3 is 10.5 Å². The van der Waals surface area contributed by atoms with Crippen LogP contribution < -0.4 is 10.5 Å². The van der Waals surface area contributed by atoms with Crippen molar-refractivity contribution in [2.75, 3.05) is 13.7 Å². The molecule has 0 heterocycles. The summed E-state index contributed by atoms with van der Waals surface area (Å²) < 4.78 is 18.8. The van der Waals surface area contributed by atoms with Crippen molar-refractivity contribution >= 4 is 0 Å². The van der Waals surface area contributed by atoms with E-state index in [4.69, 9.17) is 10.5 Å². The zero-order chi connectivity index (χ0) is 11.1. The molecule has 0 saturated heterocycles. The molecule has 0 atom stereocenters. The first-order chi connectivity index (χ1) is 7.13. The van der Waals surface area contributed by atoms with Crippen molar-refractivity contribution in [1.82, 2.24) is 0 Å². The third-order valence-corrected chi connectivity index (χ3v) is 3.37. The zero-order valence-corrected chi connectivity index (χ0v) is 9.14. The summed E-state index contributed by atoms with van der Waals surface area (Å²) in [6.07, 6.45) is 2.10. The molecule has 1 aromatic carbocycles. The monoisotopic (exact) mass is 209 g/mol. The van der Waals surface area contributed by atoms with E-state index >= 15 is 0 Å². The van der Waals surface area contributed by atoms with Crippen LogP contribution in [0.4, 0.5) is 4.39 Å². The van der Waals surface area contributed by atoms with E-state index in [1.807, 2.05) is 6.07 Å². The van der Waals surface area contributed by atoms with Crippen molar-refractivity contribution in [2.45, 2.75) is 25.2 Å². The molecular formula is C12H16FNO. The molecule has 0 unspecified atom stereocenters. The topological polar surface area (TPSA) is 35.2 Å². The van der Waals surface area contributed by atoms with Gasteiger partial charge in [-0.2, -0.15) is 0 Å². The Morgan fingerprint density at radius 1 is 1.47 bits per heavy atom. The number of methoxy groups -OCH3 is 1. The van der Waals surface area contributed by atoms with Crippen molar-refractivity contribution in [3.8, 4) is 5.75 Å². The minimum absolute atomic E-state index is 0.0157. The molecule has 1 aliphatic rings. The van der Waals surface area contributed by atoms with Crippen molar-refractivity contribution in [3.05, 3.63) is 29.1 Å². The first kappa shape index (κ1) is 10.4. The van der Waals surface area contributed by atoms with E-state index in [1.54, 1.807) is 20.1 Å². The van der Waals surface area contributed by atoms with Crippen molar-refractivity contribution < 1.29 is 9.13 Å². The molecule has 1 fully saturated rings. The highest BCUT2D eigenvalue weighted by Crippen LogP contribution is 2.48. The molecule has 0 amide bonds. The van der Waals surface area contributed by atoms with E-state index in [1.165, 1.54) is 0 Å². The van der Waals surface area contributed by atoms with E-state index in [-0.39, 0.29) is 11.2 Å². The summed E-state index contributed by atoms with van der Waals surface area (Å²) in [7, 11) is 1.56. The SMILES string of the molecule is COc1cc(C2(CN)CC2)cc(F)c1C. The molecule has 0 spiro atoms. The lowest BCUT2D eigenvalue weighted by Gasteiger charge is -2.15. The number of benzene rings is 1. The Morgan fingerprint density at radius 3 is 2.60 bits per heavy atom. The Bertz CT molecular complexity index is 385. The maximum Gasteiger partial charge on any atom is 0.130 e. The lowest BCUT2D eigenvalue weighted by molar-refractivity contribution is 0.405. The molecule has 2 nitrogen and oxygen atoms in total. The summed E-state index contributed by atoms with van der Waals surface area (Å²) in [6.45, 7) is 2.30. The second kappa shape index (κ2) is 3.49. The van der Waals surface area contributed by atoms with Crippen molar-refractivity contribution in [3.63, 3.8) is 0 Å². The van der Waals surface area contributed by atoms with Gasteiger partial charge in [0.1, 0.15) is 11.6 Å². The lowest BCUT2D eigenvalue weighted by atomic mass is 9.94. The van der Waals surface area contributed by atoms with Gasteiger partial charge in [0.2, 0.25) is 0 Å². The summed E-state index contributed by atoms with van der Waals surface area (Å²) in [5, 5.41) is 0. The number of nitrogens with two attached hydrogens (primary N) is 1. The number of hydrogen-bond acceptors (Lipinski definition) is 2. The maximum absolute atomic E-state index is 13.6. The molecule has 0 aromatic heterocycles. The molecule has 1 aliphatic carbocycles. The zero-order valence-electron chi connectivity index (χ0n) is 9.14. The predicted molar refractivity (Wildman–Crippen MR) is 57.7 cm³/mol. The molecule has 0 radical (unpaired) electrons. The maximum atomic E-state index is 13.6. The van der Waals surface area contributed by atoms with E-state index in [0.29, 0.717) is 17.9 Å². The molecule has 0 bridgehead atoms. The van der Waals surface area contributed by atoms with Gasteiger partial charge in [-0.15, -0.1) is 0 Å². The highest BCUT2D eigenvalue weighted by molar-refractivity contribution is 5.43. The molecule has 1 saturated carbocycles. The van der Waals surface area contributed by atoms with E-state index in [9.17, 15) is 4.39 Å². The van der Waals surface area contributed by atoms with Crippen LogP contribution in [0, 0.1) is 12.7 Å². The molecule has 15 heavy (non-hydrogen) atoms. The van der Waals surface area contributed by atoms with Crippen LogP contribution in [-0.2, 0) is 5.41 Å². The largest absolute Gasteiger partial charge is 0.496 e. The summed E-state index contributed by atoms with van der Waals surface area (Å²) >= 11 is 0. The fraction of sp³-hybridized carbons (Fsp3) is 0.500. The minimum Gasteiger partial charge on any atom is -0.496 e. The number of ether oxygens (including phenoxy) is 1. The van der Waals surface area contributed by atoms with Gasteiger partial charge >= 0.3 is 0 Å². The molecule has 3 heteroatoms. The van der Waals surface area contributed by atoms with Crippen LogP contribution in [0.2, 0.25) is 0 Å². The van der Waals surface area contributed by atoms with Crippen LogP contribution in [0.3, 0.4) is 0 Å². The molecule has 2 N–H and O–H groups in total. The highest BCUT2D eigenvalue weighted by Gasteiger charge is 2.43. The smallest absolute Gasteiger partial charge is 0.130 e. The van der Waals surface area contributed by atoms with Crippen LogP contribution in [0.5, 0.6) is 5.75 Å². The molecule has 82 valence electrons. The fourth-order valence-electron chi connectivity index (χ4n) is 1.93. The second-order valence-electron chi connectivity index (χ2n) is 4.27. The van der Waals surface area contributed by atoms with Crippen molar-refractivity contribution in [1.29, 1.82) is 0 Å². The Balaban J connectivity index is 2.46. The fourth-order valence-corrected chi connectivity index (χ4v) is 1.93. The predicted octanol–water partition coefficient (Wildman–Crippen LogP) is 2.13. The van der Waals surface area contributed by atoms with Gasteiger partial charge in [-0.05, 0) is 37.5 Å². The Hall–Kier alpha value is -1.09. The Morgan fingerprint density at radius 2 is 2.13 bits per heavy atom. The lowest BCUT2D eigenvalue weighted by Crippen LogP contribution is -2.20. The molecular weight excluding hydrogens is 193 g/mol. The van der Waals surface area contributed by atoms with E-state index in [2.05, 4.69) is 0 Å². The summed E-state index contributed by atoms with van der Waals surface area (Å²) in [4.78, 5) is 0. The molecule has 0 aliphatic heterocycles. The molecule has 2 rings (SSSR count). The van der Waals surface area contributed by atoms with E-state index in [0.717, 1.165) is 18.4 Å².